The minimum Gasteiger partial charge on any atom is -0.142 e. The molecule has 1 rings (SSSR count). The van der Waals surface area contributed by atoms with Gasteiger partial charge >= 0.3 is 8.03 Å². The lowest BCUT2D eigenvalue weighted by atomic mass is 9.91. The zero-order chi connectivity index (χ0) is 10.7. The quantitative estimate of drug-likeness (QED) is 0.663. The first-order chi connectivity index (χ1) is 6.57. The maximum Gasteiger partial charge on any atom is 0.544 e. The van der Waals surface area contributed by atoms with E-state index in [0.717, 1.165) is 16.5 Å². The third-order valence-corrected chi connectivity index (χ3v) is 3.88. The lowest BCUT2D eigenvalue weighted by Gasteiger charge is -2.15. The van der Waals surface area contributed by atoms with Crippen LogP contribution in [0, 0.1) is 5.92 Å². The van der Waals surface area contributed by atoms with Crippen molar-refractivity contribution >= 4 is 8.03 Å². The minimum absolute atomic E-state index is 0.134. The van der Waals surface area contributed by atoms with Crippen LogP contribution >= 0.6 is 8.03 Å². The zero-order valence-corrected chi connectivity index (χ0v) is 9.80. The van der Waals surface area contributed by atoms with E-state index in [2.05, 4.69) is 6.58 Å². The topological polar surface area (TPSA) is 26.3 Å². The van der Waals surface area contributed by atoms with Crippen LogP contribution in [0.1, 0.15) is 20.8 Å². The molecule has 0 aliphatic heterocycles. The van der Waals surface area contributed by atoms with Gasteiger partial charge in [-0.2, -0.15) is 0 Å². The molecule has 0 bridgehead atoms. The highest BCUT2D eigenvalue weighted by molar-refractivity contribution is 7.44. The highest BCUT2D eigenvalue weighted by Crippen LogP contribution is 2.44. The van der Waals surface area contributed by atoms with Gasteiger partial charge in [0.15, 0.2) is 0 Å². The van der Waals surface area contributed by atoms with Crippen LogP contribution in [0.15, 0.2) is 35.2 Å². The van der Waals surface area contributed by atoms with Crippen molar-refractivity contribution in [1.29, 1.82) is 0 Å². The van der Waals surface area contributed by atoms with Gasteiger partial charge in [-0.15, -0.1) is 4.52 Å². The predicted octanol–water partition coefficient (Wildman–Crippen LogP) is 3.80. The molecular formula is C11H16O2P+. The molecule has 1 aliphatic rings. The fourth-order valence-corrected chi connectivity index (χ4v) is 2.44. The Morgan fingerprint density at radius 1 is 1.57 bits per heavy atom. The summed E-state index contributed by atoms with van der Waals surface area (Å²) in [5.41, 5.74) is 2.19. The molecule has 0 saturated heterocycles. The van der Waals surface area contributed by atoms with Crippen LogP contribution < -0.4 is 0 Å². The van der Waals surface area contributed by atoms with Crippen LogP contribution in [0.4, 0.5) is 0 Å². The molecule has 0 fully saturated rings. The van der Waals surface area contributed by atoms with Crippen molar-refractivity contribution in [3.63, 3.8) is 0 Å². The average molecular weight is 211 g/mol. The molecule has 0 spiro atoms. The van der Waals surface area contributed by atoms with Crippen molar-refractivity contribution in [3.8, 4) is 0 Å². The Morgan fingerprint density at radius 3 is 2.79 bits per heavy atom. The minimum atomic E-state index is -1.68. The van der Waals surface area contributed by atoms with Crippen molar-refractivity contribution in [2.45, 2.75) is 20.8 Å². The Bertz CT molecular complexity index is 326. The molecular weight excluding hydrogens is 195 g/mol. The zero-order valence-electron chi connectivity index (χ0n) is 8.91. The SMILES string of the molecule is C=C1C(C)=CC=C([P+](=O)OCC)C1C. The summed E-state index contributed by atoms with van der Waals surface area (Å²) < 4.78 is 16.8. The van der Waals surface area contributed by atoms with Gasteiger partial charge in [0.1, 0.15) is 6.61 Å². The third-order valence-electron chi connectivity index (χ3n) is 2.43. The fourth-order valence-electron chi connectivity index (χ4n) is 1.39. The molecule has 3 heteroatoms. The van der Waals surface area contributed by atoms with Gasteiger partial charge in [0.25, 0.3) is 0 Å². The van der Waals surface area contributed by atoms with Crippen molar-refractivity contribution in [2.24, 2.45) is 5.92 Å². The summed E-state index contributed by atoms with van der Waals surface area (Å²) in [7, 11) is -1.68. The number of allylic oxidation sites excluding steroid dienone is 5. The molecule has 2 nitrogen and oxygen atoms in total. The highest BCUT2D eigenvalue weighted by Gasteiger charge is 2.33. The van der Waals surface area contributed by atoms with Crippen LogP contribution in [-0.4, -0.2) is 6.61 Å². The maximum absolute atomic E-state index is 11.6. The van der Waals surface area contributed by atoms with Crippen LogP contribution in [0.3, 0.4) is 0 Å². The van der Waals surface area contributed by atoms with Gasteiger partial charge in [-0.25, -0.2) is 0 Å². The van der Waals surface area contributed by atoms with Crippen molar-refractivity contribution in [1.82, 2.24) is 0 Å². The fraction of sp³-hybridized carbons (Fsp3) is 0.455. The van der Waals surface area contributed by atoms with Gasteiger partial charge in [0, 0.05) is 0 Å². The Labute approximate surface area is 86.2 Å². The smallest absolute Gasteiger partial charge is 0.142 e. The molecule has 0 aromatic heterocycles. The molecule has 0 heterocycles. The van der Waals surface area contributed by atoms with Crippen LogP contribution in [-0.2, 0) is 9.09 Å². The second kappa shape index (κ2) is 4.68. The van der Waals surface area contributed by atoms with E-state index in [1.807, 2.05) is 32.9 Å². The molecule has 0 N–H and O–H groups in total. The Hall–Kier alpha value is -0.720. The number of hydrogen-bond donors (Lipinski definition) is 0. The maximum atomic E-state index is 11.6. The Balaban J connectivity index is 2.90. The molecule has 14 heavy (non-hydrogen) atoms. The van der Waals surface area contributed by atoms with Crippen molar-refractivity contribution in [2.75, 3.05) is 6.61 Å². The molecule has 2 atom stereocenters. The molecule has 76 valence electrons. The van der Waals surface area contributed by atoms with Gasteiger partial charge in [-0.1, -0.05) is 19.6 Å². The van der Waals surface area contributed by atoms with Crippen LogP contribution in [0.25, 0.3) is 0 Å². The van der Waals surface area contributed by atoms with Gasteiger partial charge < -0.3 is 0 Å². The summed E-state index contributed by atoms with van der Waals surface area (Å²) >= 11 is 0. The summed E-state index contributed by atoms with van der Waals surface area (Å²) in [6, 6.07) is 0. The monoisotopic (exact) mass is 211 g/mol. The molecule has 0 amide bonds. The number of rotatable bonds is 3. The molecule has 0 aromatic carbocycles. The Kier molecular flexibility index (Phi) is 3.79. The van der Waals surface area contributed by atoms with Gasteiger partial charge in [-0.05, 0) is 35.6 Å². The molecule has 0 aromatic rings. The van der Waals surface area contributed by atoms with E-state index in [9.17, 15) is 4.57 Å². The first-order valence-corrected chi connectivity index (χ1v) is 5.93. The van der Waals surface area contributed by atoms with E-state index in [1.165, 1.54) is 0 Å². The second-order valence-electron chi connectivity index (χ2n) is 3.36. The summed E-state index contributed by atoms with van der Waals surface area (Å²) in [4.78, 5) is 0. The molecule has 0 saturated carbocycles. The Morgan fingerprint density at radius 2 is 2.21 bits per heavy atom. The van der Waals surface area contributed by atoms with E-state index in [4.69, 9.17) is 4.52 Å². The number of hydrogen-bond acceptors (Lipinski definition) is 2. The van der Waals surface area contributed by atoms with Crippen molar-refractivity contribution in [3.05, 3.63) is 35.2 Å². The third kappa shape index (κ3) is 2.20. The molecule has 2 unspecified atom stereocenters. The summed E-state index contributed by atoms with van der Waals surface area (Å²) in [5, 5.41) is 0.845. The highest BCUT2D eigenvalue weighted by atomic mass is 31.1. The van der Waals surface area contributed by atoms with Crippen molar-refractivity contribution < 1.29 is 9.09 Å². The average Bonchev–Trinajstić information content (AvgIpc) is 2.15. The summed E-state index contributed by atoms with van der Waals surface area (Å²) in [6.45, 7) is 10.3. The molecule has 0 radical (unpaired) electrons. The summed E-state index contributed by atoms with van der Waals surface area (Å²) in [6.07, 6.45) is 3.84. The van der Waals surface area contributed by atoms with E-state index < -0.39 is 8.03 Å². The lowest BCUT2D eigenvalue weighted by Crippen LogP contribution is -2.05. The largest absolute Gasteiger partial charge is 0.544 e. The van der Waals surface area contributed by atoms with Gasteiger partial charge in [-0.3, -0.25) is 0 Å². The standard InChI is InChI=1S/C11H16O2P/c1-5-13-14(12)11-7-6-8(2)9(3)10(11)4/h6-7,10H,3,5H2,1-2,4H3/q+1. The van der Waals surface area contributed by atoms with E-state index >= 15 is 0 Å². The van der Waals surface area contributed by atoms with Crippen LogP contribution in [0.5, 0.6) is 0 Å². The predicted molar refractivity (Wildman–Crippen MR) is 59.4 cm³/mol. The van der Waals surface area contributed by atoms with Gasteiger partial charge in [0.2, 0.25) is 5.31 Å². The van der Waals surface area contributed by atoms with E-state index in [1.54, 1.807) is 0 Å². The normalized spacial score (nSPS) is 22.9. The second-order valence-corrected chi connectivity index (χ2v) is 4.65. The van der Waals surface area contributed by atoms with Crippen LogP contribution in [0.2, 0.25) is 0 Å². The van der Waals surface area contributed by atoms with Gasteiger partial charge in [0.05, 0.1) is 5.92 Å². The van der Waals surface area contributed by atoms with E-state index in [-0.39, 0.29) is 5.92 Å². The first kappa shape index (κ1) is 11.4. The molecule has 1 aliphatic carbocycles. The summed E-state index contributed by atoms with van der Waals surface area (Å²) in [5.74, 6) is 0.134. The van der Waals surface area contributed by atoms with E-state index in [0.29, 0.717) is 6.61 Å². The first-order valence-electron chi connectivity index (χ1n) is 4.75. The lowest BCUT2D eigenvalue weighted by molar-refractivity contribution is 0.353.